The number of ether oxygens (including phenoxy) is 2. The highest BCUT2D eigenvalue weighted by Crippen LogP contribution is 2.44. The van der Waals surface area contributed by atoms with Gasteiger partial charge in [0.25, 0.3) is 0 Å². The van der Waals surface area contributed by atoms with Gasteiger partial charge in [-0.05, 0) is 59.6 Å². The third-order valence-electron chi connectivity index (χ3n) is 9.44. The molecule has 2 fully saturated rings. The lowest BCUT2D eigenvalue weighted by Crippen LogP contribution is -2.57. The van der Waals surface area contributed by atoms with Gasteiger partial charge in [-0.2, -0.15) is 0 Å². The Morgan fingerprint density at radius 2 is 1.70 bits per heavy atom. The fourth-order valence-electron chi connectivity index (χ4n) is 7.03. The standard InChI is InChI=1S/C34H46N2O7S/c1-4-9-21-14-15-36(34(41)42-19-26-24-12-7-5-10-22(24)23-11-6-8-13-25(23)26)27(17-21)32(40)35-18-20(2)16-28-29(37)30(38)31(39)33(43-28)44-3/h5-8,10-13,20-21,26-31,33,37-39H,4,9,14-19H2,1-3H3,(H,35,40). The molecule has 3 aliphatic rings. The summed E-state index contributed by atoms with van der Waals surface area (Å²) in [4.78, 5) is 28.7. The van der Waals surface area contributed by atoms with Crippen molar-refractivity contribution in [2.24, 2.45) is 11.8 Å². The van der Waals surface area contributed by atoms with E-state index in [1.165, 1.54) is 11.8 Å². The summed E-state index contributed by atoms with van der Waals surface area (Å²) in [5, 5.41) is 33.9. The third kappa shape index (κ3) is 6.94. The van der Waals surface area contributed by atoms with E-state index in [2.05, 4.69) is 36.5 Å². The number of hydrogen-bond donors (Lipinski definition) is 4. The molecule has 10 heteroatoms. The Morgan fingerprint density at radius 3 is 2.34 bits per heavy atom. The predicted molar refractivity (Wildman–Crippen MR) is 170 cm³/mol. The van der Waals surface area contributed by atoms with Gasteiger partial charge >= 0.3 is 6.09 Å². The number of fused-ring (bicyclic) bond motifs is 3. The molecule has 1 aliphatic carbocycles. The van der Waals surface area contributed by atoms with E-state index in [1.54, 1.807) is 11.2 Å². The van der Waals surface area contributed by atoms with Crippen molar-refractivity contribution in [3.05, 3.63) is 59.7 Å². The Bertz CT molecular complexity index is 1250. The summed E-state index contributed by atoms with van der Waals surface area (Å²) in [6.45, 7) is 5.06. The largest absolute Gasteiger partial charge is 0.448 e. The molecular weight excluding hydrogens is 580 g/mol. The van der Waals surface area contributed by atoms with Gasteiger partial charge in [-0.3, -0.25) is 9.69 Å². The maximum Gasteiger partial charge on any atom is 0.410 e. The molecule has 0 saturated carbocycles. The second-order valence-corrected chi connectivity index (χ2v) is 13.5. The summed E-state index contributed by atoms with van der Waals surface area (Å²) in [6.07, 6.45) is 0.782. The zero-order valence-electron chi connectivity index (χ0n) is 25.8. The van der Waals surface area contributed by atoms with Crippen LogP contribution in [-0.2, 0) is 14.3 Å². The number of thioether (sulfide) groups is 1. The smallest absolute Gasteiger partial charge is 0.410 e. The van der Waals surface area contributed by atoms with E-state index in [0.717, 1.165) is 41.5 Å². The fraction of sp³-hybridized carbons (Fsp3) is 0.588. The Kier molecular flexibility index (Phi) is 10.9. The molecular formula is C34H46N2O7S. The number of likely N-dealkylation sites (tertiary alicyclic amines) is 1. The minimum atomic E-state index is -1.29. The summed E-state index contributed by atoms with van der Waals surface area (Å²) in [7, 11) is 0. The summed E-state index contributed by atoms with van der Waals surface area (Å²) in [6, 6.07) is 15.8. The van der Waals surface area contributed by atoms with E-state index in [-0.39, 0.29) is 24.3 Å². The number of piperidine rings is 1. The number of rotatable bonds is 10. The van der Waals surface area contributed by atoms with Gasteiger partial charge in [0.1, 0.15) is 36.4 Å². The molecule has 0 radical (unpaired) electrons. The van der Waals surface area contributed by atoms with Crippen LogP contribution in [0.5, 0.6) is 0 Å². The van der Waals surface area contributed by atoms with Gasteiger partial charge in [0.15, 0.2) is 0 Å². The predicted octanol–water partition coefficient (Wildman–Crippen LogP) is 4.13. The van der Waals surface area contributed by atoms with E-state index < -0.39 is 42.0 Å². The van der Waals surface area contributed by atoms with Crippen LogP contribution in [0.4, 0.5) is 4.79 Å². The van der Waals surface area contributed by atoms with Crippen molar-refractivity contribution in [3.63, 3.8) is 0 Å². The highest BCUT2D eigenvalue weighted by molar-refractivity contribution is 7.99. The molecule has 2 heterocycles. The molecule has 240 valence electrons. The Hall–Kier alpha value is -2.63. The molecule has 2 aromatic carbocycles. The summed E-state index contributed by atoms with van der Waals surface area (Å²) in [5.74, 6) is 0.00277. The quantitative estimate of drug-likeness (QED) is 0.310. The fourth-order valence-corrected chi connectivity index (χ4v) is 7.73. The number of amides is 2. The molecule has 9 nitrogen and oxygen atoms in total. The average Bonchev–Trinajstić information content (AvgIpc) is 3.36. The normalized spacial score (nSPS) is 29.0. The van der Waals surface area contributed by atoms with Crippen molar-refractivity contribution in [3.8, 4) is 11.1 Å². The molecule has 2 aromatic rings. The van der Waals surface area contributed by atoms with E-state index in [9.17, 15) is 24.9 Å². The molecule has 2 amide bonds. The summed E-state index contributed by atoms with van der Waals surface area (Å²) in [5.41, 5.74) is 3.98. The highest BCUT2D eigenvalue weighted by atomic mass is 32.2. The minimum Gasteiger partial charge on any atom is -0.448 e. The van der Waals surface area contributed by atoms with Crippen LogP contribution < -0.4 is 5.32 Å². The topological polar surface area (TPSA) is 129 Å². The zero-order chi connectivity index (χ0) is 31.4. The maximum atomic E-state index is 13.6. The first-order valence-corrected chi connectivity index (χ1v) is 17.1. The van der Waals surface area contributed by atoms with Crippen LogP contribution in [0.2, 0.25) is 0 Å². The van der Waals surface area contributed by atoms with Crippen LogP contribution in [-0.4, -0.2) is 94.1 Å². The molecule has 5 rings (SSSR count). The number of nitrogens with zero attached hydrogens (tertiary/aromatic N) is 1. The third-order valence-corrected chi connectivity index (χ3v) is 10.3. The monoisotopic (exact) mass is 626 g/mol. The van der Waals surface area contributed by atoms with Crippen molar-refractivity contribution in [2.75, 3.05) is 26.0 Å². The SMILES string of the molecule is CCCC1CCN(C(=O)OCC2c3ccccc3-c3ccccc32)C(C(=O)NCC(C)CC2OC(SC)C(O)C(O)C2O)C1. The average molecular weight is 627 g/mol. The second kappa shape index (κ2) is 14.6. The first-order valence-electron chi connectivity index (χ1n) is 15.8. The molecule has 0 aromatic heterocycles. The van der Waals surface area contributed by atoms with E-state index in [4.69, 9.17) is 9.47 Å². The lowest BCUT2D eigenvalue weighted by Gasteiger charge is -2.41. The first kappa shape index (κ1) is 32.8. The molecule has 0 spiro atoms. The number of hydrogen-bond acceptors (Lipinski definition) is 8. The number of nitrogens with one attached hydrogen (secondary N) is 1. The number of carbonyl (C=O) groups excluding carboxylic acids is 2. The Balaban J connectivity index is 1.21. The minimum absolute atomic E-state index is 0.0557. The van der Waals surface area contributed by atoms with Crippen LogP contribution in [0.15, 0.2) is 48.5 Å². The van der Waals surface area contributed by atoms with Crippen LogP contribution in [0, 0.1) is 11.8 Å². The molecule has 44 heavy (non-hydrogen) atoms. The number of aliphatic hydroxyl groups is 3. The highest BCUT2D eigenvalue weighted by Gasteiger charge is 2.44. The van der Waals surface area contributed by atoms with E-state index in [0.29, 0.717) is 31.8 Å². The van der Waals surface area contributed by atoms with Crippen molar-refractivity contribution in [2.45, 2.75) is 87.8 Å². The Labute approximate surface area is 264 Å². The molecule has 2 saturated heterocycles. The van der Waals surface area contributed by atoms with Crippen molar-refractivity contribution < 1.29 is 34.4 Å². The van der Waals surface area contributed by atoms with Gasteiger partial charge in [0, 0.05) is 19.0 Å². The van der Waals surface area contributed by atoms with Gasteiger partial charge in [0.05, 0.1) is 6.10 Å². The Morgan fingerprint density at radius 1 is 1.05 bits per heavy atom. The lowest BCUT2D eigenvalue weighted by molar-refractivity contribution is -0.201. The molecule has 0 bridgehead atoms. The second-order valence-electron chi connectivity index (χ2n) is 12.5. The lowest BCUT2D eigenvalue weighted by atomic mass is 9.87. The summed E-state index contributed by atoms with van der Waals surface area (Å²) >= 11 is 1.28. The van der Waals surface area contributed by atoms with E-state index in [1.807, 2.05) is 31.2 Å². The number of carbonyl (C=O) groups is 2. The van der Waals surface area contributed by atoms with Crippen molar-refractivity contribution in [1.82, 2.24) is 10.2 Å². The number of aliphatic hydroxyl groups excluding tert-OH is 3. The first-order chi connectivity index (χ1) is 21.2. The van der Waals surface area contributed by atoms with Gasteiger partial charge in [0.2, 0.25) is 5.91 Å². The molecule has 2 aliphatic heterocycles. The molecule has 8 unspecified atom stereocenters. The van der Waals surface area contributed by atoms with Crippen LogP contribution in [0.3, 0.4) is 0 Å². The van der Waals surface area contributed by atoms with Crippen molar-refractivity contribution in [1.29, 1.82) is 0 Å². The van der Waals surface area contributed by atoms with Crippen molar-refractivity contribution >= 4 is 23.8 Å². The van der Waals surface area contributed by atoms with E-state index >= 15 is 0 Å². The van der Waals surface area contributed by atoms with Gasteiger partial charge < -0.3 is 30.1 Å². The van der Waals surface area contributed by atoms with Gasteiger partial charge in [-0.1, -0.05) is 75.2 Å². The van der Waals surface area contributed by atoms with Crippen LogP contribution in [0.1, 0.15) is 63.0 Å². The van der Waals surface area contributed by atoms with Gasteiger partial charge in [-0.25, -0.2) is 4.79 Å². The number of benzene rings is 2. The molecule has 4 N–H and O–H groups in total. The zero-order valence-corrected chi connectivity index (χ0v) is 26.6. The van der Waals surface area contributed by atoms with Gasteiger partial charge in [-0.15, -0.1) is 11.8 Å². The molecule has 8 atom stereocenters. The summed E-state index contributed by atoms with van der Waals surface area (Å²) < 4.78 is 11.8. The van der Waals surface area contributed by atoms with Crippen LogP contribution >= 0.6 is 11.8 Å². The maximum absolute atomic E-state index is 13.6. The van der Waals surface area contributed by atoms with Crippen LogP contribution in [0.25, 0.3) is 11.1 Å².